The number of aliphatic hydroxyl groups is 1. The highest BCUT2D eigenvalue weighted by atomic mass is 16.8. The molecule has 0 amide bonds. The van der Waals surface area contributed by atoms with Crippen LogP contribution in [0.15, 0.2) is 0 Å². The molecule has 5 atom stereocenters. The van der Waals surface area contributed by atoms with E-state index in [0.29, 0.717) is 0 Å². The van der Waals surface area contributed by atoms with Crippen LogP contribution >= 0.6 is 0 Å². The van der Waals surface area contributed by atoms with Crippen molar-refractivity contribution in [3.63, 3.8) is 0 Å². The summed E-state index contributed by atoms with van der Waals surface area (Å²) < 4.78 is 22.5. The van der Waals surface area contributed by atoms with Gasteiger partial charge in [0.15, 0.2) is 12.1 Å². The summed E-state index contributed by atoms with van der Waals surface area (Å²) in [6, 6.07) is 0. The average Bonchev–Trinajstić information content (AvgIpc) is 2.50. The SMILES string of the molecule is COC1OC(C(C)O)C2OC(C)(C)OC12C. The van der Waals surface area contributed by atoms with Gasteiger partial charge in [-0.05, 0) is 27.7 Å². The lowest BCUT2D eigenvalue weighted by molar-refractivity contribution is -0.255. The monoisotopic (exact) mass is 232 g/mol. The van der Waals surface area contributed by atoms with E-state index in [4.69, 9.17) is 18.9 Å². The molecule has 2 fully saturated rings. The Morgan fingerprint density at radius 2 is 1.94 bits per heavy atom. The molecule has 0 radical (unpaired) electrons. The average molecular weight is 232 g/mol. The van der Waals surface area contributed by atoms with Crippen LogP contribution in [0.3, 0.4) is 0 Å². The van der Waals surface area contributed by atoms with Crippen molar-refractivity contribution in [2.24, 2.45) is 0 Å². The zero-order valence-electron chi connectivity index (χ0n) is 10.4. The first-order valence-electron chi connectivity index (χ1n) is 5.54. The van der Waals surface area contributed by atoms with E-state index >= 15 is 0 Å². The molecule has 0 aromatic carbocycles. The number of fused-ring (bicyclic) bond motifs is 1. The third kappa shape index (κ3) is 1.67. The minimum atomic E-state index is -0.673. The minimum absolute atomic E-state index is 0.313. The second-order valence-corrected chi connectivity index (χ2v) is 5.13. The van der Waals surface area contributed by atoms with Crippen molar-refractivity contribution in [1.82, 2.24) is 0 Å². The first kappa shape index (κ1) is 12.3. The van der Waals surface area contributed by atoms with Crippen molar-refractivity contribution in [2.75, 3.05) is 7.11 Å². The van der Waals surface area contributed by atoms with Crippen molar-refractivity contribution in [3.05, 3.63) is 0 Å². The molecule has 5 nitrogen and oxygen atoms in total. The molecular formula is C11H20O5. The maximum Gasteiger partial charge on any atom is 0.189 e. The molecule has 94 valence electrons. The largest absolute Gasteiger partial charge is 0.391 e. The Morgan fingerprint density at radius 1 is 1.31 bits per heavy atom. The molecule has 0 bridgehead atoms. The molecule has 0 aromatic heterocycles. The number of methoxy groups -OCH3 is 1. The highest BCUT2D eigenvalue weighted by molar-refractivity contribution is 5.05. The molecular weight excluding hydrogens is 212 g/mol. The summed E-state index contributed by atoms with van der Waals surface area (Å²) in [4.78, 5) is 0. The minimum Gasteiger partial charge on any atom is -0.391 e. The van der Waals surface area contributed by atoms with Crippen molar-refractivity contribution in [3.8, 4) is 0 Å². The smallest absolute Gasteiger partial charge is 0.189 e. The second-order valence-electron chi connectivity index (χ2n) is 5.13. The molecule has 2 heterocycles. The molecule has 2 aliphatic rings. The van der Waals surface area contributed by atoms with Gasteiger partial charge in [0.2, 0.25) is 0 Å². The topological polar surface area (TPSA) is 57.2 Å². The Morgan fingerprint density at radius 3 is 2.44 bits per heavy atom. The number of ether oxygens (including phenoxy) is 4. The fourth-order valence-electron chi connectivity index (χ4n) is 2.62. The zero-order chi connectivity index (χ0) is 12.1. The van der Waals surface area contributed by atoms with E-state index in [2.05, 4.69) is 0 Å². The van der Waals surface area contributed by atoms with Crippen LogP contribution in [0, 0.1) is 0 Å². The summed E-state index contributed by atoms with van der Waals surface area (Å²) in [5.74, 6) is -0.673. The van der Waals surface area contributed by atoms with Gasteiger partial charge < -0.3 is 24.1 Å². The van der Waals surface area contributed by atoms with E-state index in [9.17, 15) is 5.11 Å². The van der Waals surface area contributed by atoms with Crippen LogP contribution in [0.4, 0.5) is 0 Å². The van der Waals surface area contributed by atoms with Crippen LogP contribution in [-0.2, 0) is 18.9 Å². The quantitative estimate of drug-likeness (QED) is 0.757. The summed E-state index contributed by atoms with van der Waals surface area (Å²) in [7, 11) is 1.56. The second kappa shape index (κ2) is 3.65. The molecule has 2 rings (SSSR count). The van der Waals surface area contributed by atoms with Gasteiger partial charge in [0.1, 0.15) is 17.8 Å². The Bertz CT molecular complexity index is 278. The van der Waals surface area contributed by atoms with Crippen molar-refractivity contribution >= 4 is 0 Å². The molecule has 0 saturated carbocycles. The molecule has 0 aliphatic carbocycles. The fraction of sp³-hybridized carbons (Fsp3) is 1.00. The third-order valence-corrected chi connectivity index (χ3v) is 3.18. The molecule has 0 spiro atoms. The van der Waals surface area contributed by atoms with Crippen LogP contribution in [0.25, 0.3) is 0 Å². The number of hydrogen-bond donors (Lipinski definition) is 1. The van der Waals surface area contributed by atoms with Crippen LogP contribution < -0.4 is 0 Å². The molecule has 0 aromatic rings. The van der Waals surface area contributed by atoms with E-state index in [-0.39, 0.29) is 6.10 Å². The number of rotatable bonds is 2. The number of hydrogen-bond acceptors (Lipinski definition) is 5. The Labute approximate surface area is 95.6 Å². The van der Waals surface area contributed by atoms with Crippen molar-refractivity contribution in [1.29, 1.82) is 0 Å². The summed E-state index contributed by atoms with van der Waals surface area (Å²) in [6.07, 6.45) is -1.87. The Balaban J connectivity index is 2.28. The summed E-state index contributed by atoms with van der Waals surface area (Å²) >= 11 is 0. The fourth-order valence-corrected chi connectivity index (χ4v) is 2.62. The van der Waals surface area contributed by atoms with Gasteiger partial charge in [-0.3, -0.25) is 0 Å². The van der Waals surface area contributed by atoms with Gasteiger partial charge in [0.05, 0.1) is 6.10 Å². The van der Waals surface area contributed by atoms with Gasteiger partial charge in [-0.2, -0.15) is 0 Å². The highest BCUT2D eigenvalue weighted by Gasteiger charge is 2.64. The lowest BCUT2D eigenvalue weighted by Gasteiger charge is -2.28. The van der Waals surface area contributed by atoms with Gasteiger partial charge >= 0.3 is 0 Å². The van der Waals surface area contributed by atoms with E-state index in [1.807, 2.05) is 20.8 Å². The third-order valence-electron chi connectivity index (χ3n) is 3.18. The zero-order valence-corrected chi connectivity index (χ0v) is 10.4. The predicted molar refractivity (Wildman–Crippen MR) is 55.8 cm³/mol. The van der Waals surface area contributed by atoms with Gasteiger partial charge in [0.25, 0.3) is 0 Å². The molecule has 16 heavy (non-hydrogen) atoms. The first-order chi connectivity index (χ1) is 7.30. The van der Waals surface area contributed by atoms with Crippen molar-refractivity contribution in [2.45, 2.75) is 63.7 Å². The van der Waals surface area contributed by atoms with Gasteiger partial charge in [-0.25, -0.2) is 0 Å². The molecule has 2 saturated heterocycles. The highest BCUT2D eigenvalue weighted by Crippen LogP contribution is 2.47. The van der Waals surface area contributed by atoms with E-state index in [1.54, 1.807) is 14.0 Å². The van der Waals surface area contributed by atoms with Crippen LogP contribution in [-0.4, -0.2) is 48.2 Å². The maximum atomic E-state index is 9.68. The lowest BCUT2D eigenvalue weighted by Crippen LogP contribution is -2.45. The van der Waals surface area contributed by atoms with Gasteiger partial charge in [-0.1, -0.05) is 0 Å². The van der Waals surface area contributed by atoms with E-state index < -0.39 is 29.9 Å². The van der Waals surface area contributed by atoms with Gasteiger partial charge in [-0.15, -0.1) is 0 Å². The normalized spacial score (nSPS) is 48.0. The predicted octanol–water partition coefficient (Wildman–Crippen LogP) is 0.649. The lowest BCUT2D eigenvalue weighted by atomic mass is 9.95. The standard InChI is InChI=1S/C11H20O5/c1-6(12)7-8-11(4,9(13-5)14-7)16-10(2,3)15-8/h6-9,12H,1-5H3. The summed E-state index contributed by atoms with van der Waals surface area (Å²) in [5.41, 5.74) is -0.667. The molecule has 5 heteroatoms. The van der Waals surface area contributed by atoms with E-state index in [0.717, 1.165) is 0 Å². The van der Waals surface area contributed by atoms with Crippen LogP contribution in [0.1, 0.15) is 27.7 Å². The van der Waals surface area contributed by atoms with Crippen LogP contribution in [0.2, 0.25) is 0 Å². The maximum absolute atomic E-state index is 9.68. The Hall–Kier alpha value is -0.200. The number of aliphatic hydroxyl groups excluding tert-OH is 1. The van der Waals surface area contributed by atoms with E-state index in [1.165, 1.54) is 0 Å². The van der Waals surface area contributed by atoms with Gasteiger partial charge in [0, 0.05) is 7.11 Å². The first-order valence-corrected chi connectivity index (χ1v) is 5.54. The molecule has 2 aliphatic heterocycles. The molecule has 1 N–H and O–H groups in total. The summed E-state index contributed by atoms with van der Waals surface area (Å²) in [6.45, 7) is 7.27. The Kier molecular flexibility index (Phi) is 2.79. The van der Waals surface area contributed by atoms with Crippen LogP contribution in [0.5, 0.6) is 0 Å². The molecule has 5 unspecified atom stereocenters. The summed E-state index contributed by atoms with van der Waals surface area (Å²) in [5, 5.41) is 9.68. The van der Waals surface area contributed by atoms with Crippen molar-refractivity contribution < 1.29 is 24.1 Å².